The second-order valence-corrected chi connectivity index (χ2v) is 1.94. The van der Waals surface area contributed by atoms with Gasteiger partial charge in [0.25, 0.3) is 0 Å². The molecule has 60 valence electrons. The van der Waals surface area contributed by atoms with E-state index in [1.807, 2.05) is 0 Å². The maximum Gasteiger partial charge on any atom is 0.220 e. The molecule has 11 heavy (non-hydrogen) atoms. The largest absolute Gasteiger partial charge is 0.481 e. The monoisotopic (exact) mass is 155 g/mol. The molecular weight excluding hydrogens is 146 g/mol. The number of rotatable bonds is 3. The fourth-order valence-electron chi connectivity index (χ4n) is 0.738. The average Bonchev–Trinajstić information content (AvgIpc) is 2.50. The van der Waals surface area contributed by atoms with Crippen molar-refractivity contribution in [1.82, 2.24) is 10.2 Å². The summed E-state index contributed by atoms with van der Waals surface area (Å²) in [4.78, 5) is 11.0. The molecule has 0 radical (unpaired) electrons. The maximum atomic E-state index is 11.0. The van der Waals surface area contributed by atoms with Gasteiger partial charge in [0.05, 0.1) is 19.9 Å². The van der Waals surface area contributed by atoms with Gasteiger partial charge in [-0.2, -0.15) is 5.10 Å². The first kappa shape index (κ1) is 7.74. The normalized spacial score (nSPS) is 9.64. The first-order valence-electron chi connectivity index (χ1n) is 3.10. The minimum Gasteiger partial charge on any atom is -0.481 e. The van der Waals surface area contributed by atoms with Gasteiger partial charge in [0.1, 0.15) is 5.56 Å². The van der Waals surface area contributed by atoms with Crippen molar-refractivity contribution in [2.45, 2.75) is 0 Å². The van der Waals surface area contributed by atoms with Crippen molar-refractivity contribution in [3.8, 4) is 5.88 Å². The molecule has 5 nitrogen and oxygen atoms in total. The quantitative estimate of drug-likeness (QED) is 0.580. The van der Waals surface area contributed by atoms with Crippen molar-refractivity contribution < 1.29 is 9.53 Å². The van der Waals surface area contributed by atoms with Gasteiger partial charge in [0.15, 0.2) is 5.78 Å². The molecule has 0 aliphatic rings. The van der Waals surface area contributed by atoms with Crippen molar-refractivity contribution in [1.29, 1.82) is 0 Å². The highest BCUT2D eigenvalue weighted by molar-refractivity contribution is 5.99. The lowest BCUT2D eigenvalue weighted by Crippen LogP contribution is -2.13. The van der Waals surface area contributed by atoms with Crippen molar-refractivity contribution >= 4 is 5.78 Å². The van der Waals surface area contributed by atoms with Gasteiger partial charge in [-0.05, 0) is 0 Å². The first-order chi connectivity index (χ1) is 5.29. The molecule has 0 saturated heterocycles. The Morgan fingerprint density at radius 3 is 3.18 bits per heavy atom. The molecule has 0 aliphatic carbocycles. The Labute approximate surface area is 63.5 Å². The lowest BCUT2D eigenvalue weighted by molar-refractivity contribution is 0.0998. The van der Waals surface area contributed by atoms with E-state index in [1.165, 1.54) is 13.3 Å². The van der Waals surface area contributed by atoms with Crippen LogP contribution in [0.3, 0.4) is 0 Å². The summed E-state index contributed by atoms with van der Waals surface area (Å²) in [6.07, 6.45) is 1.40. The number of aromatic amines is 1. The van der Waals surface area contributed by atoms with Crippen LogP contribution >= 0.6 is 0 Å². The van der Waals surface area contributed by atoms with Gasteiger partial charge >= 0.3 is 0 Å². The van der Waals surface area contributed by atoms with Crippen molar-refractivity contribution in [3.05, 3.63) is 11.8 Å². The Kier molecular flexibility index (Phi) is 2.22. The van der Waals surface area contributed by atoms with Crippen LogP contribution in [0.1, 0.15) is 10.4 Å². The third-order valence-corrected chi connectivity index (χ3v) is 1.29. The van der Waals surface area contributed by atoms with E-state index in [4.69, 9.17) is 10.5 Å². The van der Waals surface area contributed by atoms with Crippen molar-refractivity contribution in [2.75, 3.05) is 13.7 Å². The van der Waals surface area contributed by atoms with E-state index in [0.717, 1.165) is 0 Å². The number of carbonyl (C=O) groups is 1. The zero-order valence-electron chi connectivity index (χ0n) is 6.13. The molecule has 0 amide bonds. The second kappa shape index (κ2) is 3.16. The molecule has 1 rings (SSSR count). The summed E-state index contributed by atoms with van der Waals surface area (Å²) >= 11 is 0. The predicted molar refractivity (Wildman–Crippen MR) is 38.5 cm³/mol. The Hall–Kier alpha value is -1.36. The Morgan fingerprint density at radius 2 is 2.64 bits per heavy atom. The summed E-state index contributed by atoms with van der Waals surface area (Å²) in [7, 11) is 1.46. The number of hydrogen-bond donors (Lipinski definition) is 2. The average molecular weight is 155 g/mol. The van der Waals surface area contributed by atoms with Gasteiger partial charge in [-0.1, -0.05) is 0 Å². The van der Waals surface area contributed by atoms with Crippen molar-refractivity contribution in [2.24, 2.45) is 5.73 Å². The van der Waals surface area contributed by atoms with E-state index in [0.29, 0.717) is 11.4 Å². The van der Waals surface area contributed by atoms with E-state index in [2.05, 4.69) is 10.2 Å². The van der Waals surface area contributed by atoms with Crippen molar-refractivity contribution in [3.63, 3.8) is 0 Å². The van der Waals surface area contributed by atoms with Crippen LogP contribution in [0, 0.1) is 0 Å². The number of H-pyrrole nitrogens is 1. The Bertz CT molecular complexity index is 256. The van der Waals surface area contributed by atoms with Crippen LogP contribution < -0.4 is 10.5 Å². The minimum atomic E-state index is -0.185. The zero-order valence-corrected chi connectivity index (χ0v) is 6.13. The highest BCUT2D eigenvalue weighted by Crippen LogP contribution is 2.12. The number of carbonyl (C=O) groups excluding carboxylic acids is 1. The number of nitrogens with two attached hydrogens (primary N) is 1. The van der Waals surface area contributed by atoms with Crippen LogP contribution in [-0.2, 0) is 0 Å². The Morgan fingerprint density at radius 1 is 1.91 bits per heavy atom. The molecule has 1 aromatic rings. The number of methoxy groups -OCH3 is 1. The molecule has 0 atom stereocenters. The third-order valence-electron chi connectivity index (χ3n) is 1.29. The second-order valence-electron chi connectivity index (χ2n) is 1.94. The molecule has 1 heterocycles. The third kappa shape index (κ3) is 1.38. The Balaban J connectivity index is 2.92. The molecule has 0 saturated carbocycles. The summed E-state index contributed by atoms with van der Waals surface area (Å²) in [5.41, 5.74) is 5.54. The zero-order chi connectivity index (χ0) is 8.27. The number of nitrogens with one attached hydrogen (secondary N) is 1. The first-order valence-corrected chi connectivity index (χ1v) is 3.10. The summed E-state index contributed by atoms with van der Waals surface area (Å²) in [5.74, 6) is 0.177. The SMILES string of the molecule is COc1[nH]ncc1C(=O)CN. The van der Waals surface area contributed by atoms with E-state index >= 15 is 0 Å². The standard InChI is InChI=1S/C6H9N3O2/c1-11-6-4(3-8-9-6)5(10)2-7/h3H,2,7H2,1H3,(H,8,9). The molecule has 3 N–H and O–H groups in total. The van der Waals surface area contributed by atoms with Gasteiger partial charge in [0.2, 0.25) is 5.88 Å². The van der Waals surface area contributed by atoms with Crippen LogP contribution in [0.4, 0.5) is 0 Å². The van der Waals surface area contributed by atoms with E-state index in [-0.39, 0.29) is 12.3 Å². The highest BCUT2D eigenvalue weighted by atomic mass is 16.5. The van der Waals surface area contributed by atoms with Gasteiger partial charge in [-0.3, -0.25) is 4.79 Å². The van der Waals surface area contributed by atoms with E-state index < -0.39 is 0 Å². The van der Waals surface area contributed by atoms with Crippen LogP contribution in [0.15, 0.2) is 6.20 Å². The molecule has 1 aromatic heterocycles. The minimum absolute atomic E-state index is 0.0319. The van der Waals surface area contributed by atoms with Gasteiger partial charge in [-0.25, -0.2) is 5.10 Å². The molecule has 0 bridgehead atoms. The lowest BCUT2D eigenvalue weighted by Gasteiger charge is -1.96. The topological polar surface area (TPSA) is 81.0 Å². The molecule has 0 spiro atoms. The van der Waals surface area contributed by atoms with Crippen LogP contribution in [0.2, 0.25) is 0 Å². The number of nitrogens with zero attached hydrogens (tertiary/aromatic N) is 1. The van der Waals surface area contributed by atoms with E-state index in [1.54, 1.807) is 0 Å². The highest BCUT2D eigenvalue weighted by Gasteiger charge is 2.11. The molecule has 0 aromatic carbocycles. The van der Waals surface area contributed by atoms with Crippen LogP contribution in [-0.4, -0.2) is 29.6 Å². The molecule has 0 fully saturated rings. The predicted octanol–water partition coefficient (Wildman–Crippen LogP) is -0.440. The molecule has 5 heteroatoms. The summed E-state index contributed by atoms with van der Waals surface area (Å²) in [6, 6.07) is 0. The van der Waals surface area contributed by atoms with Crippen LogP contribution in [0.25, 0.3) is 0 Å². The van der Waals surface area contributed by atoms with Gasteiger partial charge in [-0.15, -0.1) is 0 Å². The fourth-order valence-corrected chi connectivity index (χ4v) is 0.738. The summed E-state index contributed by atoms with van der Waals surface area (Å²) in [6.45, 7) is -0.0319. The molecule has 0 unspecified atom stereocenters. The number of Topliss-reactive ketones (excluding diaryl/α,β-unsaturated/α-hetero) is 1. The maximum absolute atomic E-state index is 11.0. The fraction of sp³-hybridized carbons (Fsp3) is 0.333. The molecule has 0 aliphatic heterocycles. The summed E-state index contributed by atoms with van der Waals surface area (Å²) in [5, 5.41) is 6.16. The molecular formula is C6H9N3O2. The van der Waals surface area contributed by atoms with Gasteiger partial charge in [0, 0.05) is 0 Å². The number of ether oxygens (including phenoxy) is 1. The number of ketones is 1. The smallest absolute Gasteiger partial charge is 0.220 e. The lowest BCUT2D eigenvalue weighted by atomic mass is 10.2. The van der Waals surface area contributed by atoms with Gasteiger partial charge < -0.3 is 10.5 Å². The van der Waals surface area contributed by atoms with E-state index in [9.17, 15) is 4.79 Å². The number of aromatic nitrogens is 2. The number of hydrogen-bond acceptors (Lipinski definition) is 4. The van der Waals surface area contributed by atoms with Crippen LogP contribution in [0.5, 0.6) is 5.88 Å². The summed E-state index contributed by atoms with van der Waals surface area (Å²) < 4.78 is 4.81.